The van der Waals surface area contributed by atoms with Crippen LogP contribution in [0.3, 0.4) is 0 Å². The number of hydrogen-bond acceptors (Lipinski definition) is 3. The predicted octanol–water partition coefficient (Wildman–Crippen LogP) is 3.41. The molecule has 2 rings (SSSR count). The molecule has 2 unspecified atom stereocenters. The molecule has 0 bridgehead atoms. The smallest absolute Gasteiger partial charge is 0.156 e. The van der Waals surface area contributed by atoms with Crippen LogP contribution in [0.15, 0.2) is 41.3 Å². The lowest BCUT2D eigenvalue weighted by atomic mass is 10.2. The SMILES string of the molecule is Cc1ccc([S+]([O-])CCCCC=CC2CCCS2(=O)=O)cc1. The zero-order valence-electron chi connectivity index (χ0n) is 13.0. The molecule has 2 atom stereocenters. The van der Waals surface area contributed by atoms with Crippen molar-refractivity contribution >= 4 is 21.0 Å². The molecule has 1 aromatic rings. The van der Waals surface area contributed by atoms with E-state index in [9.17, 15) is 13.0 Å². The molecule has 0 amide bonds. The zero-order chi connectivity index (χ0) is 16.0. The van der Waals surface area contributed by atoms with Gasteiger partial charge in [-0.3, -0.25) is 0 Å². The standard InChI is InChI=1S/C17H24O3S2/c1-15-9-11-16(12-10-15)21(18)13-5-3-2-4-7-17-8-6-14-22(17,19)20/h4,7,9-12,17H,2-3,5-6,8,13-14H2,1H3. The van der Waals surface area contributed by atoms with Crippen molar-refractivity contribution in [2.24, 2.45) is 0 Å². The molecule has 1 saturated heterocycles. The monoisotopic (exact) mass is 340 g/mol. The fourth-order valence-electron chi connectivity index (χ4n) is 2.58. The molecule has 1 heterocycles. The maximum atomic E-state index is 12.1. The van der Waals surface area contributed by atoms with Crippen LogP contribution in [0, 0.1) is 6.92 Å². The summed E-state index contributed by atoms with van der Waals surface area (Å²) in [6.07, 6.45) is 8.06. The minimum Gasteiger partial charge on any atom is -0.611 e. The van der Waals surface area contributed by atoms with E-state index in [1.54, 1.807) is 0 Å². The predicted molar refractivity (Wildman–Crippen MR) is 92.3 cm³/mol. The summed E-state index contributed by atoms with van der Waals surface area (Å²) in [4.78, 5) is 0.887. The second-order valence-corrected chi connectivity index (χ2v) is 9.74. The molecule has 0 aromatic heterocycles. The van der Waals surface area contributed by atoms with Crippen LogP contribution in [0.25, 0.3) is 0 Å². The maximum Gasteiger partial charge on any atom is 0.156 e. The molecule has 0 N–H and O–H groups in total. The van der Waals surface area contributed by atoms with Crippen molar-refractivity contribution in [2.45, 2.75) is 49.2 Å². The van der Waals surface area contributed by atoms with Gasteiger partial charge in [0.15, 0.2) is 14.7 Å². The molecular formula is C17H24O3S2. The van der Waals surface area contributed by atoms with Gasteiger partial charge in [0.05, 0.1) is 11.0 Å². The van der Waals surface area contributed by atoms with E-state index in [0.717, 1.165) is 37.0 Å². The Morgan fingerprint density at radius 2 is 2.00 bits per heavy atom. The Kier molecular flexibility index (Phi) is 6.53. The quantitative estimate of drug-likeness (QED) is 0.434. The van der Waals surface area contributed by atoms with E-state index in [0.29, 0.717) is 11.5 Å². The Hall–Kier alpha value is -0.780. The first-order valence-electron chi connectivity index (χ1n) is 7.82. The summed E-state index contributed by atoms with van der Waals surface area (Å²) in [6, 6.07) is 7.82. The lowest BCUT2D eigenvalue weighted by molar-refractivity contribution is 0.590. The maximum absolute atomic E-state index is 12.1. The van der Waals surface area contributed by atoms with Gasteiger partial charge in [-0.2, -0.15) is 0 Å². The summed E-state index contributed by atoms with van der Waals surface area (Å²) in [5.74, 6) is 0.996. The summed E-state index contributed by atoms with van der Waals surface area (Å²) in [5.41, 5.74) is 1.17. The van der Waals surface area contributed by atoms with E-state index in [-0.39, 0.29) is 5.25 Å². The topological polar surface area (TPSA) is 57.2 Å². The van der Waals surface area contributed by atoms with Gasteiger partial charge in [0.2, 0.25) is 0 Å². The highest BCUT2D eigenvalue weighted by Crippen LogP contribution is 2.21. The second-order valence-electron chi connectivity index (χ2n) is 5.83. The summed E-state index contributed by atoms with van der Waals surface area (Å²) in [7, 11) is -2.87. The summed E-state index contributed by atoms with van der Waals surface area (Å²) >= 11 is -0.932. The zero-order valence-corrected chi connectivity index (χ0v) is 14.7. The Morgan fingerprint density at radius 1 is 1.27 bits per heavy atom. The highest BCUT2D eigenvalue weighted by molar-refractivity contribution is 7.92. The summed E-state index contributed by atoms with van der Waals surface area (Å²) in [6.45, 7) is 2.02. The molecule has 0 radical (unpaired) electrons. The Bertz CT molecular complexity index is 591. The molecule has 122 valence electrons. The number of allylic oxidation sites excluding steroid dienone is 1. The minimum absolute atomic E-state index is 0.269. The highest BCUT2D eigenvalue weighted by atomic mass is 32.2. The molecule has 0 spiro atoms. The summed E-state index contributed by atoms with van der Waals surface area (Å²) in [5, 5.41) is -0.269. The Morgan fingerprint density at radius 3 is 2.64 bits per heavy atom. The minimum atomic E-state index is -2.87. The molecular weight excluding hydrogens is 316 g/mol. The van der Waals surface area contributed by atoms with Gasteiger partial charge in [-0.05, 0) is 62.3 Å². The van der Waals surface area contributed by atoms with Gasteiger partial charge in [-0.25, -0.2) is 8.42 Å². The van der Waals surface area contributed by atoms with Crippen molar-refractivity contribution in [1.29, 1.82) is 0 Å². The third-order valence-electron chi connectivity index (χ3n) is 3.96. The molecule has 1 aliphatic rings. The van der Waals surface area contributed by atoms with Crippen molar-refractivity contribution in [3.8, 4) is 0 Å². The van der Waals surface area contributed by atoms with Crippen LogP contribution >= 0.6 is 0 Å². The van der Waals surface area contributed by atoms with E-state index < -0.39 is 21.0 Å². The average molecular weight is 341 g/mol. The van der Waals surface area contributed by atoms with E-state index in [1.807, 2.05) is 43.3 Å². The molecule has 22 heavy (non-hydrogen) atoms. The van der Waals surface area contributed by atoms with Gasteiger partial charge in [-0.1, -0.05) is 29.8 Å². The highest BCUT2D eigenvalue weighted by Gasteiger charge is 2.28. The Labute approximate surface area is 136 Å². The van der Waals surface area contributed by atoms with Gasteiger partial charge in [0, 0.05) is 0 Å². The van der Waals surface area contributed by atoms with Crippen LogP contribution in [0.1, 0.15) is 37.7 Å². The van der Waals surface area contributed by atoms with E-state index >= 15 is 0 Å². The van der Waals surface area contributed by atoms with Crippen LogP contribution < -0.4 is 0 Å². The molecule has 0 saturated carbocycles. The van der Waals surface area contributed by atoms with Gasteiger partial charge in [0.1, 0.15) is 5.75 Å². The first-order chi connectivity index (χ1) is 10.5. The normalized spacial score (nSPS) is 22.2. The molecule has 1 fully saturated rings. The number of sulfone groups is 1. The van der Waals surface area contributed by atoms with Crippen molar-refractivity contribution in [1.82, 2.24) is 0 Å². The fraction of sp³-hybridized carbons (Fsp3) is 0.529. The fourth-order valence-corrected chi connectivity index (χ4v) is 5.47. The van der Waals surface area contributed by atoms with Gasteiger partial charge < -0.3 is 4.55 Å². The number of rotatable bonds is 7. The van der Waals surface area contributed by atoms with Crippen molar-refractivity contribution in [3.63, 3.8) is 0 Å². The van der Waals surface area contributed by atoms with Gasteiger partial charge >= 0.3 is 0 Å². The van der Waals surface area contributed by atoms with Crippen LogP contribution in [-0.4, -0.2) is 29.7 Å². The van der Waals surface area contributed by atoms with Gasteiger partial charge in [-0.15, -0.1) is 0 Å². The van der Waals surface area contributed by atoms with Crippen LogP contribution in [0.2, 0.25) is 0 Å². The molecule has 1 aromatic carbocycles. The lowest BCUT2D eigenvalue weighted by Crippen LogP contribution is -2.12. The third kappa shape index (κ3) is 5.14. The largest absolute Gasteiger partial charge is 0.611 e. The van der Waals surface area contributed by atoms with Crippen LogP contribution in [0.5, 0.6) is 0 Å². The van der Waals surface area contributed by atoms with E-state index in [4.69, 9.17) is 0 Å². The Balaban J connectivity index is 1.66. The molecule has 1 aliphatic heterocycles. The van der Waals surface area contributed by atoms with Crippen molar-refractivity contribution in [2.75, 3.05) is 11.5 Å². The first kappa shape index (κ1) is 17.6. The molecule has 3 nitrogen and oxygen atoms in total. The lowest BCUT2D eigenvalue weighted by Gasteiger charge is -2.10. The third-order valence-corrected chi connectivity index (χ3v) is 7.59. The number of aryl methyl sites for hydroxylation is 1. The number of benzene rings is 1. The van der Waals surface area contributed by atoms with E-state index in [1.165, 1.54) is 5.56 Å². The molecule has 0 aliphatic carbocycles. The number of unbranched alkanes of at least 4 members (excludes halogenated alkanes) is 2. The first-order valence-corrected chi connectivity index (χ1v) is 10.9. The second kappa shape index (κ2) is 8.18. The van der Waals surface area contributed by atoms with E-state index in [2.05, 4.69) is 0 Å². The van der Waals surface area contributed by atoms with Crippen LogP contribution in [0.4, 0.5) is 0 Å². The number of hydrogen-bond donors (Lipinski definition) is 0. The van der Waals surface area contributed by atoms with Gasteiger partial charge in [0.25, 0.3) is 0 Å². The van der Waals surface area contributed by atoms with Crippen LogP contribution in [-0.2, 0) is 21.0 Å². The molecule has 5 heteroatoms. The van der Waals surface area contributed by atoms with Crippen molar-refractivity contribution in [3.05, 3.63) is 42.0 Å². The van der Waals surface area contributed by atoms with Crippen molar-refractivity contribution < 1.29 is 13.0 Å². The summed E-state index contributed by atoms with van der Waals surface area (Å²) < 4.78 is 35.4. The average Bonchev–Trinajstić information content (AvgIpc) is 2.82.